The number of hydrogen-bond donors (Lipinski definition) is 1. The summed E-state index contributed by atoms with van der Waals surface area (Å²) in [6.45, 7) is 12.1. The molecule has 2 saturated heterocycles. The van der Waals surface area contributed by atoms with E-state index in [0.29, 0.717) is 26.3 Å². The van der Waals surface area contributed by atoms with Crippen LogP contribution in [0, 0.1) is 0 Å². The van der Waals surface area contributed by atoms with Gasteiger partial charge >= 0.3 is 6.09 Å². The molecule has 8 nitrogen and oxygen atoms in total. The molecule has 5 rings (SSSR count). The van der Waals surface area contributed by atoms with E-state index in [-0.39, 0.29) is 12.1 Å². The Morgan fingerprint density at radius 1 is 1.13 bits per heavy atom. The Morgan fingerprint density at radius 3 is 2.63 bits per heavy atom. The lowest BCUT2D eigenvalue weighted by Crippen LogP contribution is -2.52. The number of fused-ring (bicyclic) bond motifs is 1. The molecule has 38 heavy (non-hydrogen) atoms. The number of aromatic nitrogens is 2. The van der Waals surface area contributed by atoms with Gasteiger partial charge in [0.15, 0.2) is 5.79 Å². The van der Waals surface area contributed by atoms with Crippen molar-refractivity contribution in [1.29, 1.82) is 0 Å². The Labute approximate surface area is 225 Å². The van der Waals surface area contributed by atoms with E-state index < -0.39 is 11.4 Å². The maximum atomic E-state index is 13.2. The van der Waals surface area contributed by atoms with E-state index in [1.807, 2.05) is 44.0 Å². The van der Waals surface area contributed by atoms with Gasteiger partial charge in [-0.05, 0) is 57.0 Å². The molecule has 0 bridgehead atoms. The number of carbonyl (C=O) groups excluding carboxylic acids is 1. The third kappa shape index (κ3) is 6.03. The van der Waals surface area contributed by atoms with Crippen molar-refractivity contribution < 1.29 is 19.0 Å². The second kappa shape index (κ2) is 11.0. The summed E-state index contributed by atoms with van der Waals surface area (Å²) >= 11 is 0. The molecule has 0 spiro atoms. The van der Waals surface area contributed by atoms with Crippen LogP contribution in [0.4, 0.5) is 4.79 Å². The van der Waals surface area contributed by atoms with Crippen molar-refractivity contribution in [1.82, 2.24) is 19.8 Å². The Bertz CT molecular complexity index is 1240. The first kappa shape index (κ1) is 26.7. The highest BCUT2D eigenvalue weighted by atomic mass is 16.7. The Kier molecular flexibility index (Phi) is 7.75. The number of ether oxygens (including phenoxy) is 3. The molecule has 1 amide bonds. The lowest BCUT2D eigenvalue weighted by molar-refractivity contribution is -0.165. The molecule has 8 heteroatoms. The maximum Gasteiger partial charge on any atom is 0.411 e. The van der Waals surface area contributed by atoms with Crippen LogP contribution in [0.5, 0.6) is 0 Å². The fraction of sp³-hybridized carbons (Fsp3) is 0.533. The smallest absolute Gasteiger partial charge is 0.411 e. The largest absolute Gasteiger partial charge is 0.444 e. The van der Waals surface area contributed by atoms with E-state index in [1.54, 1.807) is 0 Å². The average Bonchev–Trinajstić information content (AvgIpc) is 3.58. The maximum absolute atomic E-state index is 13.2. The second-order valence-corrected chi connectivity index (χ2v) is 11.3. The molecular weight excluding hydrogens is 480 g/mol. The monoisotopic (exact) mass is 520 g/mol. The number of imidazole rings is 1. The number of aromatic amines is 1. The summed E-state index contributed by atoms with van der Waals surface area (Å²) in [5, 5.41) is 2.38. The third-order valence-corrected chi connectivity index (χ3v) is 7.45. The highest BCUT2D eigenvalue weighted by Crippen LogP contribution is 2.31. The number of carbonyl (C=O) groups is 1. The number of H-pyrrole nitrogens is 1. The molecule has 0 saturated carbocycles. The number of nitrogens with one attached hydrogen (secondary N) is 1. The zero-order valence-corrected chi connectivity index (χ0v) is 23.0. The fourth-order valence-electron chi connectivity index (χ4n) is 5.42. The zero-order valence-electron chi connectivity index (χ0n) is 23.0. The van der Waals surface area contributed by atoms with Crippen molar-refractivity contribution in [2.75, 3.05) is 39.4 Å². The quantitative estimate of drug-likeness (QED) is 0.427. The predicted octanol–water partition coefficient (Wildman–Crippen LogP) is 5.76. The van der Waals surface area contributed by atoms with E-state index in [0.717, 1.165) is 49.4 Å². The van der Waals surface area contributed by atoms with Gasteiger partial charge in [-0.2, -0.15) is 0 Å². The number of hydrogen-bond acceptors (Lipinski definition) is 6. The first-order chi connectivity index (χ1) is 18.3. The van der Waals surface area contributed by atoms with Crippen molar-refractivity contribution in [2.45, 2.75) is 64.4 Å². The first-order valence-electron chi connectivity index (χ1n) is 13.8. The van der Waals surface area contributed by atoms with Gasteiger partial charge in [-0.25, -0.2) is 9.78 Å². The van der Waals surface area contributed by atoms with Crippen LogP contribution in [0.1, 0.15) is 58.8 Å². The molecule has 3 heterocycles. The van der Waals surface area contributed by atoms with Gasteiger partial charge in [0.2, 0.25) is 0 Å². The molecule has 1 atom stereocenters. The van der Waals surface area contributed by atoms with Gasteiger partial charge in [0, 0.05) is 31.6 Å². The summed E-state index contributed by atoms with van der Waals surface area (Å²) < 4.78 is 17.6. The Morgan fingerprint density at radius 2 is 1.89 bits per heavy atom. The summed E-state index contributed by atoms with van der Waals surface area (Å²) in [7, 11) is 0. The van der Waals surface area contributed by atoms with Gasteiger partial charge in [0.05, 0.1) is 25.1 Å². The molecule has 204 valence electrons. The van der Waals surface area contributed by atoms with Gasteiger partial charge in [0.25, 0.3) is 0 Å². The molecule has 2 aromatic carbocycles. The van der Waals surface area contributed by atoms with Crippen LogP contribution in [0.15, 0.2) is 48.7 Å². The molecule has 2 aliphatic heterocycles. The minimum Gasteiger partial charge on any atom is -0.444 e. The highest BCUT2D eigenvalue weighted by molar-refractivity contribution is 5.86. The van der Waals surface area contributed by atoms with Crippen LogP contribution in [0.25, 0.3) is 22.0 Å². The minimum atomic E-state index is -0.562. The average molecular weight is 521 g/mol. The number of rotatable bonds is 7. The van der Waals surface area contributed by atoms with Crippen LogP contribution in [0.2, 0.25) is 0 Å². The van der Waals surface area contributed by atoms with Crippen LogP contribution >= 0.6 is 0 Å². The second-order valence-electron chi connectivity index (χ2n) is 11.3. The molecule has 1 aromatic heterocycles. The molecule has 0 radical (unpaired) electrons. The van der Waals surface area contributed by atoms with E-state index >= 15 is 0 Å². The number of piperazine rings is 1. The summed E-state index contributed by atoms with van der Waals surface area (Å²) in [6.07, 6.45) is 4.25. The van der Waals surface area contributed by atoms with Crippen LogP contribution in [-0.2, 0) is 14.2 Å². The van der Waals surface area contributed by atoms with E-state index in [4.69, 9.17) is 19.2 Å². The van der Waals surface area contributed by atoms with Crippen molar-refractivity contribution in [3.63, 3.8) is 0 Å². The molecule has 1 unspecified atom stereocenters. The molecule has 0 aliphatic carbocycles. The highest BCUT2D eigenvalue weighted by Gasteiger charge is 2.37. The SMILES string of the molecule is CCC1(CCCN2CCN(C(=O)OC(C)(C)C)C(c3ncc(-c4ccc5ccccc5c4)[nH]3)C2)OCCO1. The number of benzene rings is 2. The van der Waals surface area contributed by atoms with Crippen LogP contribution in [0.3, 0.4) is 0 Å². The molecule has 1 N–H and O–H groups in total. The number of nitrogens with zero attached hydrogens (tertiary/aromatic N) is 3. The van der Waals surface area contributed by atoms with Crippen LogP contribution < -0.4 is 0 Å². The van der Waals surface area contributed by atoms with Gasteiger partial charge in [-0.1, -0.05) is 43.3 Å². The van der Waals surface area contributed by atoms with Crippen molar-refractivity contribution in [3.05, 3.63) is 54.5 Å². The van der Waals surface area contributed by atoms with Gasteiger partial charge in [-0.3, -0.25) is 9.80 Å². The zero-order chi connectivity index (χ0) is 26.8. The number of amides is 1. The standard InChI is InChI=1S/C30H40N4O4/c1-5-30(36-17-18-37-30)13-8-14-33-15-16-34(28(35)38-29(2,3)4)26(21-33)27-31-20-25(32-27)24-12-11-22-9-6-7-10-23(22)19-24/h6-7,9-12,19-20,26H,5,8,13-18,21H2,1-4H3,(H,31,32). The summed E-state index contributed by atoms with van der Waals surface area (Å²) in [5.41, 5.74) is 1.45. The lowest BCUT2D eigenvalue weighted by Gasteiger charge is -2.41. The van der Waals surface area contributed by atoms with E-state index in [1.165, 1.54) is 10.8 Å². The topological polar surface area (TPSA) is 79.9 Å². The summed E-state index contributed by atoms with van der Waals surface area (Å²) in [4.78, 5) is 25.7. The first-order valence-corrected chi connectivity index (χ1v) is 13.8. The molecule has 2 aliphatic rings. The van der Waals surface area contributed by atoms with Crippen molar-refractivity contribution in [3.8, 4) is 11.3 Å². The Hall–Kier alpha value is -2.94. The lowest BCUT2D eigenvalue weighted by atomic mass is 10.1. The van der Waals surface area contributed by atoms with E-state index in [2.05, 4.69) is 47.1 Å². The Balaban J connectivity index is 1.33. The van der Waals surface area contributed by atoms with Gasteiger partial charge < -0.3 is 19.2 Å². The van der Waals surface area contributed by atoms with Gasteiger partial charge in [0.1, 0.15) is 17.5 Å². The minimum absolute atomic E-state index is 0.230. The normalized spacial score (nSPS) is 20.2. The van der Waals surface area contributed by atoms with Gasteiger partial charge in [-0.15, -0.1) is 0 Å². The molecule has 2 fully saturated rings. The van der Waals surface area contributed by atoms with Crippen molar-refractivity contribution in [2.24, 2.45) is 0 Å². The van der Waals surface area contributed by atoms with Crippen LogP contribution in [-0.4, -0.2) is 76.6 Å². The fourth-order valence-corrected chi connectivity index (χ4v) is 5.42. The van der Waals surface area contributed by atoms with Crippen molar-refractivity contribution >= 4 is 16.9 Å². The summed E-state index contributed by atoms with van der Waals surface area (Å²) in [6, 6.07) is 14.5. The molecular formula is C30H40N4O4. The van der Waals surface area contributed by atoms with E-state index in [9.17, 15) is 4.79 Å². The summed E-state index contributed by atoms with van der Waals surface area (Å²) in [5.74, 6) is 0.337. The predicted molar refractivity (Wildman–Crippen MR) is 148 cm³/mol. The molecule has 3 aromatic rings. The third-order valence-electron chi connectivity index (χ3n) is 7.45.